The summed E-state index contributed by atoms with van der Waals surface area (Å²) in [5.41, 5.74) is 2.46. The molecule has 0 amide bonds. The minimum absolute atomic E-state index is 0.314. The first-order chi connectivity index (χ1) is 9.72. The van der Waals surface area contributed by atoms with Crippen molar-refractivity contribution in [1.82, 2.24) is 0 Å². The molecule has 0 saturated carbocycles. The number of hydrogen-bond acceptors (Lipinski definition) is 3. The summed E-state index contributed by atoms with van der Waals surface area (Å²) in [6.07, 6.45) is 4.07. The number of ether oxygens (including phenoxy) is 2. The average Bonchev–Trinajstić information content (AvgIpc) is 2.89. The fraction of sp³-hybridized carbons (Fsp3) is 0.625. The fourth-order valence-electron chi connectivity index (χ4n) is 3.13. The van der Waals surface area contributed by atoms with Crippen LogP contribution in [0.1, 0.15) is 31.7 Å². The Morgan fingerprint density at radius 3 is 2.50 bits per heavy atom. The maximum absolute atomic E-state index is 6.45. The van der Waals surface area contributed by atoms with Crippen molar-refractivity contribution in [3.8, 4) is 0 Å². The Kier molecular flexibility index (Phi) is 4.20. The molecule has 0 aromatic heterocycles. The minimum Gasteiger partial charge on any atom is -0.370 e. The molecule has 2 fully saturated rings. The first-order valence-electron chi connectivity index (χ1n) is 7.54. The van der Waals surface area contributed by atoms with Crippen LogP contribution in [0, 0.1) is 0 Å². The van der Waals surface area contributed by atoms with Crippen LogP contribution in [-0.4, -0.2) is 32.1 Å². The van der Waals surface area contributed by atoms with Gasteiger partial charge in [-0.3, -0.25) is 0 Å². The first-order valence-corrected chi connectivity index (χ1v) is 7.91. The molecule has 3 nitrogen and oxygen atoms in total. The monoisotopic (exact) mass is 295 g/mol. The zero-order valence-corrected chi connectivity index (χ0v) is 12.8. The smallest absolute Gasteiger partial charge is 0.171 e. The molecule has 4 heteroatoms. The summed E-state index contributed by atoms with van der Waals surface area (Å²) in [6, 6.07) is 6.45. The van der Waals surface area contributed by atoms with Gasteiger partial charge in [0.05, 0.1) is 23.9 Å². The molecule has 110 valence electrons. The normalized spacial score (nSPS) is 21.6. The fourth-order valence-corrected chi connectivity index (χ4v) is 3.45. The number of halogens is 1. The van der Waals surface area contributed by atoms with Crippen molar-refractivity contribution in [2.45, 2.75) is 38.4 Å². The van der Waals surface area contributed by atoms with Gasteiger partial charge < -0.3 is 14.4 Å². The molecule has 2 heterocycles. The van der Waals surface area contributed by atoms with Crippen LogP contribution in [0.3, 0.4) is 0 Å². The minimum atomic E-state index is -0.314. The largest absolute Gasteiger partial charge is 0.370 e. The van der Waals surface area contributed by atoms with Crippen LogP contribution in [0.4, 0.5) is 5.69 Å². The Morgan fingerprint density at radius 2 is 1.90 bits per heavy atom. The molecule has 2 aliphatic rings. The SMILES string of the molecule is CCCc1ccc(N2CCC3(CC2)OCCO3)c(Cl)c1. The molecule has 0 atom stereocenters. The predicted molar refractivity (Wildman–Crippen MR) is 81.5 cm³/mol. The number of aryl methyl sites for hydroxylation is 1. The molecule has 1 aromatic rings. The quantitative estimate of drug-likeness (QED) is 0.850. The van der Waals surface area contributed by atoms with Gasteiger partial charge >= 0.3 is 0 Å². The van der Waals surface area contributed by atoms with E-state index in [4.69, 9.17) is 21.1 Å². The average molecular weight is 296 g/mol. The Morgan fingerprint density at radius 1 is 1.20 bits per heavy atom. The van der Waals surface area contributed by atoms with Crippen LogP contribution in [0.25, 0.3) is 0 Å². The molecule has 1 aromatic carbocycles. The lowest BCUT2D eigenvalue weighted by molar-refractivity contribution is -0.169. The Hall–Kier alpha value is -0.770. The van der Waals surface area contributed by atoms with Gasteiger partial charge in [0.15, 0.2) is 5.79 Å². The maximum Gasteiger partial charge on any atom is 0.171 e. The maximum atomic E-state index is 6.45. The van der Waals surface area contributed by atoms with Gasteiger partial charge in [-0.25, -0.2) is 0 Å². The van der Waals surface area contributed by atoms with Crippen molar-refractivity contribution in [2.24, 2.45) is 0 Å². The third-order valence-corrected chi connectivity index (χ3v) is 4.53. The van der Waals surface area contributed by atoms with Crippen LogP contribution >= 0.6 is 11.6 Å². The standard InChI is InChI=1S/C16H22ClNO2/c1-2-3-13-4-5-15(14(17)12-13)18-8-6-16(7-9-18)19-10-11-20-16/h4-5,12H,2-3,6-11H2,1H3. The number of benzene rings is 1. The van der Waals surface area contributed by atoms with Crippen LogP contribution in [-0.2, 0) is 15.9 Å². The number of piperidine rings is 1. The van der Waals surface area contributed by atoms with E-state index in [1.165, 1.54) is 5.56 Å². The highest BCUT2D eigenvalue weighted by molar-refractivity contribution is 6.33. The zero-order chi connectivity index (χ0) is 14.0. The third-order valence-electron chi connectivity index (χ3n) is 4.23. The second-order valence-corrected chi connectivity index (χ2v) is 6.04. The van der Waals surface area contributed by atoms with Crippen molar-refractivity contribution < 1.29 is 9.47 Å². The van der Waals surface area contributed by atoms with E-state index in [0.29, 0.717) is 0 Å². The van der Waals surface area contributed by atoms with Gasteiger partial charge in [0.25, 0.3) is 0 Å². The van der Waals surface area contributed by atoms with E-state index in [-0.39, 0.29) is 5.79 Å². The second kappa shape index (κ2) is 5.92. The van der Waals surface area contributed by atoms with Gasteiger partial charge in [0, 0.05) is 25.9 Å². The predicted octanol–water partition coefficient (Wildman–Crippen LogP) is 3.64. The molecule has 1 spiro atoms. The van der Waals surface area contributed by atoms with E-state index >= 15 is 0 Å². The van der Waals surface area contributed by atoms with Crippen molar-refractivity contribution >= 4 is 17.3 Å². The third kappa shape index (κ3) is 2.80. The molecule has 0 N–H and O–H groups in total. The summed E-state index contributed by atoms with van der Waals surface area (Å²) in [6.45, 7) is 5.52. The second-order valence-electron chi connectivity index (χ2n) is 5.63. The lowest BCUT2D eigenvalue weighted by atomic mass is 10.0. The molecule has 0 unspecified atom stereocenters. The highest BCUT2D eigenvalue weighted by atomic mass is 35.5. The summed E-state index contributed by atoms with van der Waals surface area (Å²) in [5.74, 6) is -0.314. The van der Waals surface area contributed by atoms with E-state index in [1.807, 2.05) is 0 Å². The van der Waals surface area contributed by atoms with Crippen LogP contribution < -0.4 is 4.90 Å². The van der Waals surface area contributed by atoms with E-state index < -0.39 is 0 Å². The zero-order valence-electron chi connectivity index (χ0n) is 12.0. The lowest BCUT2D eigenvalue weighted by Gasteiger charge is -2.39. The lowest BCUT2D eigenvalue weighted by Crippen LogP contribution is -2.45. The molecule has 3 rings (SSSR count). The molecule has 0 radical (unpaired) electrons. The van der Waals surface area contributed by atoms with Crippen LogP contribution in [0.15, 0.2) is 18.2 Å². The number of rotatable bonds is 3. The van der Waals surface area contributed by atoms with Gasteiger partial charge in [-0.2, -0.15) is 0 Å². The van der Waals surface area contributed by atoms with E-state index in [2.05, 4.69) is 30.0 Å². The van der Waals surface area contributed by atoms with E-state index in [0.717, 1.165) is 62.7 Å². The van der Waals surface area contributed by atoms with Crippen molar-refractivity contribution in [3.05, 3.63) is 28.8 Å². The molecular formula is C16H22ClNO2. The van der Waals surface area contributed by atoms with Gasteiger partial charge in [0.1, 0.15) is 0 Å². The number of hydrogen-bond donors (Lipinski definition) is 0. The summed E-state index contributed by atoms with van der Waals surface area (Å²) in [4.78, 5) is 2.34. The number of anilines is 1. The molecule has 0 aliphatic carbocycles. The van der Waals surface area contributed by atoms with Gasteiger partial charge in [-0.15, -0.1) is 0 Å². The summed E-state index contributed by atoms with van der Waals surface area (Å²) in [7, 11) is 0. The molecule has 0 bridgehead atoms. The van der Waals surface area contributed by atoms with Crippen LogP contribution in [0.2, 0.25) is 5.02 Å². The number of nitrogens with zero attached hydrogens (tertiary/aromatic N) is 1. The molecule has 2 aliphatic heterocycles. The Balaban J connectivity index is 1.68. The Labute approximate surface area is 125 Å². The molecule has 20 heavy (non-hydrogen) atoms. The molecule has 2 saturated heterocycles. The van der Waals surface area contributed by atoms with Crippen molar-refractivity contribution in [2.75, 3.05) is 31.2 Å². The summed E-state index contributed by atoms with van der Waals surface area (Å²) >= 11 is 6.45. The van der Waals surface area contributed by atoms with E-state index in [9.17, 15) is 0 Å². The summed E-state index contributed by atoms with van der Waals surface area (Å²) in [5, 5.41) is 0.861. The van der Waals surface area contributed by atoms with Gasteiger partial charge in [0.2, 0.25) is 0 Å². The van der Waals surface area contributed by atoms with Crippen LogP contribution in [0.5, 0.6) is 0 Å². The highest BCUT2D eigenvalue weighted by Crippen LogP contribution is 2.35. The van der Waals surface area contributed by atoms with Crippen molar-refractivity contribution in [3.63, 3.8) is 0 Å². The molecular weight excluding hydrogens is 274 g/mol. The highest BCUT2D eigenvalue weighted by Gasteiger charge is 2.40. The Bertz CT molecular complexity index is 462. The first kappa shape index (κ1) is 14.2. The van der Waals surface area contributed by atoms with Gasteiger partial charge in [-0.05, 0) is 24.1 Å². The van der Waals surface area contributed by atoms with Crippen molar-refractivity contribution in [1.29, 1.82) is 0 Å². The van der Waals surface area contributed by atoms with Gasteiger partial charge in [-0.1, -0.05) is 31.0 Å². The van der Waals surface area contributed by atoms with E-state index in [1.54, 1.807) is 0 Å². The summed E-state index contributed by atoms with van der Waals surface area (Å²) < 4.78 is 11.5. The topological polar surface area (TPSA) is 21.7 Å².